The Balaban J connectivity index is 2.35. The molecule has 0 spiro atoms. The Morgan fingerprint density at radius 2 is 1.84 bits per heavy atom. The van der Waals surface area contributed by atoms with E-state index in [-0.39, 0.29) is 15.5 Å². The molecule has 0 aliphatic rings. The van der Waals surface area contributed by atoms with E-state index in [9.17, 15) is 17.6 Å². The van der Waals surface area contributed by atoms with E-state index in [1.807, 2.05) is 0 Å². The van der Waals surface area contributed by atoms with Crippen molar-refractivity contribution in [1.29, 1.82) is 0 Å². The number of carboxylic acids is 1. The number of hydrogen-bond acceptors (Lipinski definition) is 4. The lowest BCUT2D eigenvalue weighted by Gasteiger charge is -2.07. The van der Waals surface area contributed by atoms with E-state index in [1.165, 1.54) is 23.6 Å². The molecule has 2 N–H and O–H groups in total. The molecule has 2 aromatic rings. The number of aromatic carboxylic acids is 1. The van der Waals surface area contributed by atoms with E-state index in [2.05, 4.69) is 4.72 Å². The lowest BCUT2D eigenvalue weighted by Crippen LogP contribution is -2.15. The van der Waals surface area contributed by atoms with Gasteiger partial charge in [0.15, 0.2) is 0 Å². The molecule has 5 nitrogen and oxygen atoms in total. The van der Waals surface area contributed by atoms with Gasteiger partial charge in [-0.15, -0.1) is 11.3 Å². The van der Waals surface area contributed by atoms with Gasteiger partial charge in [-0.2, -0.15) is 0 Å². The molecule has 100 valence electrons. The van der Waals surface area contributed by atoms with Gasteiger partial charge in [-0.1, -0.05) is 0 Å². The number of thiophene rings is 1. The molecule has 1 aromatic heterocycles. The average molecular weight is 301 g/mol. The summed E-state index contributed by atoms with van der Waals surface area (Å²) in [5.74, 6) is -1.81. The second-order valence-corrected chi connectivity index (χ2v) is 6.10. The quantitative estimate of drug-likeness (QED) is 0.908. The van der Waals surface area contributed by atoms with Gasteiger partial charge in [0, 0.05) is 5.69 Å². The van der Waals surface area contributed by atoms with Gasteiger partial charge in [0.05, 0.1) is 0 Å². The molecule has 8 heteroatoms. The van der Waals surface area contributed by atoms with Gasteiger partial charge < -0.3 is 5.11 Å². The molecule has 0 radical (unpaired) electrons. The lowest BCUT2D eigenvalue weighted by atomic mass is 10.3. The minimum Gasteiger partial charge on any atom is -0.477 e. The third kappa shape index (κ3) is 2.91. The van der Waals surface area contributed by atoms with Crippen LogP contribution >= 0.6 is 11.3 Å². The number of sulfonamides is 1. The fraction of sp³-hybridized carbons (Fsp3) is 0. The van der Waals surface area contributed by atoms with E-state index < -0.39 is 21.8 Å². The molecule has 0 unspecified atom stereocenters. The number of halogens is 1. The van der Waals surface area contributed by atoms with Crippen molar-refractivity contribution in [3.63, 3.8) is 0 Å². The van der Waals surface area contributed by atoms with Crippen LogP contribution in [0.5, 0.6) is 0 Å². The minimum atomic E-state index is -4.00. The van der Waals surface area contributed by atoms with Crippen molar-refractivity contribution in [2.24, 2.45) is 0 Å². The van der Waals surface area contributed by atoms with Crippen LogP contribution < -0.4 is 4.72 Å². The van der Waals surface area contributed by atoms with Crippen LogP contribution in [0.1, 0.15) is 9.67 Å². The van der Waals surface area contributed by atoms with Crippen LogP contribution in [0, 0.1) is 5.82 Å². The second kappa shape index (κ2) is 4.98. The Bertz CT molecular complexity index is 707. The van der Waals surface area contributed by atoms with Crippen molar-refractivity contribution in [3.8, 4) is 0 Å². The molecule has 0 saturated heterocycles. The molecule has 0 fully saturated rings. The SMILES string of the molecule is O=C(O)c1sccc1S(=O)(=O)Nc1ccc(F)cc1. The zero-order chi connectivity index (χ0) is 14.0. The maximum absolute atomic E-state index is 12.7. The van der Waals surface area contributed by atoms with E-state index in [1.54, 1.807) is 0 Å². The van der Waals surface area contributed by atoms with Crippen molar-refractivity contribution in [2.75, 3.05) is 4.72 Å². The molecule has 19 heavy (non-hydrogen) atoms. The Labute approximate surface area is 112 Å². The summed E-state index contributed by atoms with van der Waals surface area (Å²) < 4.78 is 38.9. The highest BCUT2D eigenvalue weighted by molar-refractivity contribution is 7.93. The topological polar surface area (TPSA) is 83.5 Å². The van der Waals surface area contributed by atoms with Crippen LogP contribution in [0.25, 0.3) is 0 Å². The molecular weight excluding hydrogens is 293 g/mol. The van der Waals surface area contributed by atoms with E-state index >= 15 is 0 Å². The molecule has 0 atom stereocenters. The number of hydrogen-bond donors (Lipinski definition) is 2. The average Bonchev–Trinajstić information content (AvgIpc) is 2.82. The largest absolute Gasteiger partial charge is 0.477 e. The highest BCUT2D eigenvalue weighted by Crippen LogP contribution is 2.24. The van der Waals surface area contributed by atoms with Gasteiger partial charge in [0.1, 0.15) is 15.6 Å². The highest BCUT2D eigenvalue weighted by atomic mass is 32.2. The van der Waals surface area contributed by atoms with E-state index in [0.29, 0.717) is 0 Å². The number of benzene rings is 1. The van der Waals surface area contributed by atoms with Crippen LogP contribution in [0.15, 0.2) is 40.6 Å². The predicted octanol–water partition coefficient (Wildman–Crippen LogP) is 2.39. The molecular formula is C11H8FNO4S2. The first kappa shape index (κ1) is 13.5. The van der Waals surface area contributed by atoms with Gasteiger partial charge in [-0.25, -0.2) is 17.6 Å². The van der Waals surface area contributed by atoms with Crippen LogP contribution in [0.4, 0.5) is 10.1 Å². The van der Waals surface area contributed by atoms with Crippen molar-refractivity contribution < 1.29 is 22.7 Å². The number of anilines is 1. The first-order valence-corrected chi connectivity index (χ1v) is 7.35. The highest BCUT2D eigenvalue weighted by Gasteiger charge is 2.23. The summed E-state index contributed by atoms with van der Waals surface area (Å²) in [5, 5.41) is 10.3. The molecule has 0 amide bonds. The molecule has 0 bridgehead atoms. The molecule has 1 heterocycles. The maximum Gasteiger partial charge on any atom is 0.347 e. The van der Waals surface area contributed by atoms with Crippen LogP contribution in [0.3, 0.4) is 0 Å². The van der Waals surface area contributed by atoms with Gasteiger partial charge in [-0.3, -0.25) is 4.72 Å². The van der Waals surface area contributed by atoms with Crippen molar-refractivity contribution in [3.05, 3.63) is 46.4 Å². The number of nitrogens with one attached hydrogen (secondary N) is 1. The smallest absolute Gasteiger partial charge is 0.347 e. The maximum atomic E-state index is 12.7. The summed E-state index contributed by atoms with van der Waals surface area (Å²) in [7, 11) is -4.00. The Kier molecular flexibility index (Phi) is 3.54. The van der Waals surface area contributed by atoms with E-state index in [0.717, 1.165) is 23.5 Å². The standard InChI is InChI=1S/C11H8FNO4S2/c12-7-1-3-8(4-2-7)13-19(16,17)9-5-6-18-10(9)11(14)15/h1-6,13H,(H,14,15). The molecule has 0 aliphatic heterocycles. The fourth-order valence-electron chi connectivity index (χ4n) is 1.39. The summed E-state index contributed by atoms with van der Waals surface area (Å²) in [6.07, 6.45) is 0. The van der Waals surface area contributed by atoms with Crippen molar-refractivity contribution in [1.82, 2.24) is 0 Å². The summed E-state index contributed by atoms with van der Waals surface area (Å²) >= 11 is 0.819. The summed E-state index contributed by atoms with van der Waals surface area (Å²) in [4.78, 5) is 10.3. The summed E-state index contributed by atoms with van der Waals surface area (Å²) in [6.45, 7) is 0. The second-order valence-electron chi connectivity index (χ2n) is 3.53. The first-order chi connectivity index (χ1) is 8.90. The van der Waals surface area contributed by atoms with Crippen molar-refractivity contribution >= 4 is 33.0 Å². The first-order valence-electron chi connectivity index (χ1n) is 4.99. The Morgan fingerprint density at radius 1 is 1.21 bits per heavy atom. The van der Waals surface area contributed by atoms with Crippen molar-refractivity contribution in [2.45, 2.75) is 4.90 Å². The lowest BCUT2D eigenvalue weighted by molar-refractivity contribution is 0.0698. The number of rotatable bonds is 4. The number of carbonyl (C=O) groups is 1. The van der Waals surface area contributed by atoms with Gasteiger partial charge in [-0.05, 0) is 35.7 Å². The minimum absolute atomic E-state index is 0.156. The Morgan fingerprint density at radius 3 is 2.42 bits per heavy atom. The van der Waals surface area contributed by atoms with Gasteiger partial charge in [0.25, 0.3) is 10.0 Å². The normalized spacial score (nSPS) is 11.2. The van der Waals surface area contributed by atoms with Gasteiger partial charge >= 0.3 is 5.97 Å². The van der Waals surface area contributed by atoms with Crippen LogP contribution in [-0.4, -0.2) is 19.5 Å². The number of carboxylic acid groups (broad SMARTS) is 1. The molecule has 1 aromatic carbocycles. The summed E-state index contributed by atoms with van der Waals surface area (Å²) in [6, 6.07) is 5.91. The van der Waals surface area contributed by atoms with Gasteiger partial charge in [0.2, 0.25) is 0 Å². The van der Waals surface area contributed by atoms with E-state index in [4.69, 9.17) is 5.11 Å². The molecule has 0 saturated carbocycles. The summed E-state index contributed by atoms with van der Waals surface area (Å²) in [5.41, 5.74) is 0.156. The van der Waals surface area contributed by atoms with Crippen LogP contribution in [-0.2, 0) is 10.0 Å². The predicted molar refractivity (Wildman–Crippen MR) is 68.5 cm³/mol. The third-order valence-corrected chi connectivity index (χ3v) is 4.66. The Hall–Kier alpha value is -1.93. The molecule has 2 rings (SSSR count). The van der Waals surface area contributed by atoms with Crippen LogP contribution in [0.2, 0.25) is 0 Å². The zero-order valence-corrected chi connectivity index (χ0v) is 11.0. The molecule has 0 aliphatic carbocycles. The third-order valence-electron chi connectivity index (χ3n) is 2.21. The zero-order valence-electron chi connectivity index (χ0n) is 9.33. The monoisotopic (exact) mass is 301 g/mol. The fourth-order valence-corrected chi connectivity index (χ4v) is 3.71.